The van der Waals surface area contributed by atoms with E-state index < -0.39 is 6.10 Å². The molecule has 0 bridgehead atoms. The molecule has 0 spiro atoms. The maximum absolute atomic E-state index is 9.94. The van der Waals surface area contributed by atoms with E-state index in [2.05, 4.69) is 10.2 Å². The number of nitrogens with one attached hydrogen (secondary N) is 1. The second-order valence-electron chi connectivity index (χ2n) is 4.83. The summed E-state index contributed by atoms with van der Waals surface area (Å²) in [5.41, 5.74) is 1.17. The van der Waals surface area contributed by atoms with Crippen molar-refractivity contribution in [1.29, 1.82) is 0 Å². The van der Waals surface area contributed by atoms with Crippen LogP contribution in [0.15, 0.2) is 24.3 Å². The Morgan fingerprint density at radius 2 is 2.11 bits per heavy atom. The van der Waals surface area contributed by atoms with Crippen LogP contribution in [0.1, 0.15) is 5.56 Å². The van der Waals surface area contributed by atoms with E-state index in [9.17, 15) is 5.11 Å². The van der Waals surface area contributed by atoms with Gasteiger partial charge >= 0.3 is 0 Å². The van der Waals surface area contributed by atoms with Crippen molar-refractivity contribution in [2.75, 3.05) is 39.3 Å². The van der Waals surface area contributed by atoms with Crippen LogP contribution in [0.5, 0.6) is 5.75 Å². The number of ether oxygens (including phenoxy) is 1. The van der Waals surface area contributed by atoms with Crippen LogP contribution >= 0.6 is 12.4 Å². The number of nitrogens with zero attached hydrogens (tertiary/aromatic N) is 1. The van der Waals surface area contributed by atoms with Gasteiger partial charge in [0.05, 0.1) is 0 Å². The second-order valence-corrected chi connectivity index (χ2v) is 4.83. The largest absolute Gasteiger partial charge is 0.491 e. The standard InChI is InChI=1S/C14H22N2O2.ClH/c1-12-3-2-4-14(9-12)18-11-13(17)10-16-7-5-15-6-8-16;/h2-4,9,13,15,17H,5-8,10-11H2,1H3;1H. The molecule has 108 valence electrons. The van der Waals surface area contributed by atoms with Crippen LogP contribution < -0.4 is 10.1 Å². The molecular formula is C14H23ClN2O2. The molecule has 0 aromatic heterocycles. The van der Waals surface area contributed by atoms with Crippen molar-refractivity contribution in [3.05, 3.63) is 29.8 Å². The lowest BCUT2D eigenvalue weighted by Crippen LogP contribution is -2.47. The number of hydrogen-bond donors (Lipinski definition) is 2. The fraction of sp³-hybridized carbons (Fsp3) is 0.571. The summed E-state index contributed by atoms with van der Waals surface area (Å²) in [7, 11) is 0. The summed E-state index contributed by atoms with van der Waals surface area (Å²) in [5.74, 6) is 0.828. The molecule has 2 rings (SSSR count). The quantitative estimate of drug-likeness (QED) is 0.850. The molecule has 0 aliphatic carbocycles. The lowest BCUT2D eigenvalue weighted by Gasteiger charge is -2.29. The highest BCUT2D eigenvalue weighted by atomic mass is 35.5. The van der Waals surface area contributed by atoms with Gasteiger partial charge in [0, 0.05) is 32.7 Å². The first kappa shape index (κ1) is 16.2. The van der Waals surface area contributed by atoms with Crippen molar-refractivity contribution in [2.24, 2.45) is 0 Å². The first-order valence-corrected chi connectivity index (χ1v) is 6.54. The lowest BCUT2D eigenvalue weighted by atomic mass is 10.2. The van der Waals surface area contributed by atoms with E-state index in [0.29, 0.717) is 13.2 Å². The first-order valence-electron chi connectivity index (χ1n) is 6.54. The van der Waals surface area contributed by atoms with Crippen LogP contribution in [0.4, 0.5) is 0 Å². The number of aliphatic hydroxyl groups is 1. The SMILES string of the molecule is Cc1cccc(OCC(O)CN2CCNCC2)c1.Cl. The van der Waals surface area contributed by atoms with Crippen LogP contribution in [0, 0.1) is 6.92 Å². The predicted octanol–water partition coefficient (Wildman–Crippen LogP) is 1.06. The van der Waals surface area contributed by atoms with Gasteiger partial charge < -0.3 is 15.2 Å². The van der Waals surface area contributed by atoms with E-state index in [0.717, 1.165) is 31.9 Å². The lowest BCUT2D eigenvalue weighted by molar-refractivity contribution is 0.0641. The summed E-state index contributed by atoms with van der Waals surface area (Å²) in [6.07, 6.45) is -0.427. The molecule has 0 amide bonds. The summed E-state index contributed by atoms with van der Waals surface area (Å²) < 4.78 is 5.60. The monoisotopic (exact) mass is 286 g/mol. The Bertz CT molecular complexity index is 370. The average molecular weight is 287 g/mol. The fourth-order valence-corrected chi connectivity index (χ4v) is 2.14. The van der Waals surface area contributed by atoms with E-state index in [-0.39, 0.29) is 12.4 Å². The van der Waals surface area contributed by atoms with Crippen molar-refractivity contribution in [2.45, 2.75) is 13.0 Å². The van der Waals surface area contributed by atoms with E-state index >= 15 is 0 Å². The van der Waals surface area contributed by atoms with Crippen molar-refractivity contribution in [3.8, 4) is 5.75 Å². The number of halogens is 1. The minimum Gasteiger partial charge on any atom is -0.491 e. The molecule has 19 heavy (non-hydrogen) atoms. The molecule has 2 N–H and O–H groups in total. The zero-order valence-electron chi connectivity index (χ0n) is 11.3. The maximum Gasteiger partial charge on any atom is 0.119 e. The van der Waals surface area contributed by atoms with Gasteiger partial charge in [0.25, 0.3) is 0 Å². The zero-order valence-corrected chi connectivity index (χ0v) is 12.2. The van der Waals surface area contributed by atoms with E-state index in [1.54, 1.807) is 0 Å². The number of benzene rings is 1. The molecule has 0 saturated carbocycles. The fourth-order valence-electron chi connectivity index (χ4n) is 2.14. The molecule has 1 saturated heterocycles. The summed E-state index contributed by atoms with van der Waals surface area (Å²) in [6, 6.07) is 7.90. The Morgan fingerprint density at radius 1 is 1.37 bits per heavy atom. The molecule has 5 heteroatoms. The molecule has 1 aromatic rings. The molecule has 1 heterocycles. The number of aryl methyl sites for hydroxylation is 1. The van der Waals surface area contributed by atoms with Gasteiger partial charge in [0.15, 0.2) is 0 Å². The van der Waals surface area contributed by atoms with E-state index in [4.69, 9.17) is 4.74 Å². The van der Waals surface area contributed by atoms with Gasteiger partial charge in [0.1, 0.15) is 18.5 Å². The Labute approximate surface area is 121 Å². The molecule has 1 aliphatic heterocycles. The summed E-state index contributed by atoms with van der Waals surface area (Å²) in [5, 5.41) is 13.2. The predicted molar refractivity (Wildman–Crippen MR) is 79.2 cm³/mol. The Hall–Kier alpha value is -0.810. The van der Waals surface area contributed by atoms with Crippen molar-refractivity contribution >= 4 is 12.4 Å². The topological polar surface area (TPSA) is 44.7 Å². The normalized spacial score (nSPS) is 17.6. The van der Waals surface area contributed by atoms with Gasteiger partial charge in [-0.15, -0.1) is 12.4 Å². The minimum atomic E-state index is -0.427. The number of piperazine rings is 1. The summed E-state index contributed by atoms with van der Waals surface area (Å²) >= 11 is 0. The number of rotatable bonds is 5. The van der Waals surface area contributed by atoms with Crippen molar-refractivity contribution < 1.29 is 9.84 Å². The highest BCUT2D eigenvalue weighted by Crippen LogP contribution is 2.12. The first-order chi connectivity index (χ1) is 8.74. The second kappa shape index (κ2) is 8.38. The molecule has 1 fully saturated rings. The summed E-state index contributed by atoms with van der Waals surface area (Å²) in [6.45, 7) is 7.09. The van der Waals surface area contributed by atoms with Gasteiger partial charge in [-0.25, -0.2) is 0 Å². The van der Waals surface area contributed by atoms with Crippen molar-refractivity contribution in [1.82, 2.24) is 10.2 Å². The summed E-state index contributed by atoms with van der Waals surface area (Å²) in [4.78, 5) is 2.26. The van der Waals surface area contributed by atoms with Gasteiger partial charge in [-0.2, -0.15) is 0 Å². The maximum atomic E-state index is 9.94. The van der Waals surface area contributed by atoms with Crippen LogP contribution in [0.25, 0.3) is 0 Å². The van der Waals surface area contributed by atoms with Gasteiger partial charge in [-0.1, -0.05) is 12.1 Å². The number of β-amino-alcohol motifs (C(OH)–C–C–N with tert-alkyl or cyclic N) is 1. The molecule has 1 aromatic carbocycles. The minimum absolute atomic E-state index is 0. The third-order valence-corrected chi connectivity index (χ3v) is 3.11. The highest BCUT2D eigenvalue weighted by molar-refractivity contribution is 5.85. The van der Waals surface area contributed by atoms with Gasteiger partial charge in [0.2, 0.25) is 0 Å². The average Bonchev–Trinajstić information content (AvgIpc) is 2.38. The molecule has 0 radical (unpaired) electrons. The smallest absolute Gasteiger partial charge is 0.119 e. The number of aliphatic hydroxyl groups excluding tert-OH is 1. The van der Waals surface area contributed by atoms with Crippen LogP contribution in [0.3, 0.4) is 0 Å². The third-order valence-electron chi connectivity index (χ3n) is 3.11. The van der Waals surface area contributed by atoms with Crippen molar-refractivity contribution in [3.63, 3.8) is 0 Å². The van der Waals surface area contributed by atoms with Crippen LogP contribution in [-0.4, -0.2) is 55.4 Å². The van der Waals surface area contributed by atoms with Gasteiger partial charge in [-0.05, 0) is 24.6 Å². The highest BCUT2D eigenvalue weighted by Gasteiger charge is 2.14. The molecule has 1 atom stereocenters. The van der Waals surface area contributed by atoms with E-state index in [1.165, 1.54) is 5.56 Å². The zero-order chi connectivity index (χ0) is 12.8. The molecular weight excluding hydrogens is 264 g/mol. The van der Waals surface area contributed by atoms with Crippen LogP contribution in [-0.2, 0) is 0 Å². The van der Waals surface area contributed by atoms with Crippen LogP contribution in [0.2, 0.25) is 0 Å². The molecule has 4 nitrogen and oxygen atoms in total. The third kappa shape index (κ3) is 5.78. The van der Waals surface area contributed by atoms with Gasteiger partial charge in [-0.3, -0.25) is 4.90 Å². The molecule has 1 aliphatic rings. The Morgan fingerprint density at radius 3 is 2.79 bits per heavy atom. The number of hydrogen-bond acceptors (Lipinski definition) is 4. The Kier molecular flexibility index (Phi) is 7.16. The molecule has 1 unspecified atom stereocenters. The Balaban J connectivity index is 0.00000180. The van der Waals surface area contributed by atoms with E-state index in [1.807, 2.05) is 31.2 Å².